The topological polar surface area (TPSA) is 42.0 Å². The van der Waals surface area contributed by atoms with Crippen molar-refractivity contribution in [1.82, 2.24) is 10.3 Å². The van der Waals surface area contributed by atoms with Gasteiger partial charge in [-0.15, -0.1) is 0 Å². The van der Waals surface area contributed by atoms with Crippen LogP contribution in [-0.2, 0) is 11.2 Å². The molecule has 1 aliphatic rings. The molecule has 2 heterocycles. The second-order valence-corrected chi connectivity index (χ2v) is 5.94. The Labute approximate surface area is 117 Å². The molecule has 3 nitrogen and oxygen atoms in total. The van der Waals surface area contributed by atoms with Gasteiger partial charge in [0.25, 0.3) is 0 Å². The minimum absolute atomic E-state index is 0.166. The van der Waals surface area contributed by atoms with E-state index >= 15 is 0 Å². The third-order valence-electron chi connectivity index (χ3n) is 3.87. The molecule has 1 atom stereocenters. The van der Waals surface area contributed by atoms with Gasteiger partial charge in [-0.25, -0.2) is 0 Å². The summed E-state index contributed by atoms with van der Waals surface area (Å²) < 4.78 is 0.931. The third kappa shape index (κ3) is 2.98. The average molecular weight is 311 g/mol. The van der Waals surface area contributed by atoms with Gasteiger partial charge >= 0.3 is 0 Å². The van der Waals surface area contributed by atoms with Crippen LogP contribution in [0.4, 0.5) is 0 Å². The lowest BCUT2D eigenvalue weighted by atomic mass is 9.73. The van der Waals surface area contributed by atoms with Gasteiger partial charge in [0.15, 0.2) is 0 Å². The van der Waals surface area contributed by atoms with Crippen molar-refractivity contribution in [2.24, 2.45) is 5.41 Å². The molecule has 18 heavy (non-hydrogen) atoms. The lowest BCUT2D eigenvalue weighted by Gasteiger charge is -2.35. The zero-order chi connectivity index (χ0) is 13.0. The third-order valence-corrected chi connectivity index (χ3v) is 4.30. The number of pyridine rings is 1. The first-order chi connectivity index (χ1) is 8.66. The van der Waals surface area contributed by atoms with Gasteiger partial charge < -0.3 is 5.32 Å². The monoisotopic (exact) mass is 310 g/mol. The molecule has 0 aliphatic carbocycles. The predicted molar refractivity (Wildman–Crippen MR) is 75.5 cm³/mol. The summed E-state index contributed by atoms with van der Waals surface area (Å²) in [5, 5.41) is 3.36. The van der Waals surface area contributed by atoms with E-state index in [0.29, 0.717) is 12.2 Å². The summed E-state index contributed by atoms with van der Waals surface area (Å²) in [5.41, 5.74) is 0.827. The summed E-state index contributed by atoms with van der Waals surface area (Å²) in [6, 6.07) is 1.98. The van der Waals surface area contributed by atoms with E-state index in [0.717, 1.165) is 42.4 Å². The first-order valence-electron chi connectivity index (χ1n) is 6.50. The van der Waals surface area contributed by atoms with E-state index in [1.54, 1.807) is 12.4 Å². The van der Waals surface area contributed by atoms with Crippen LogP contribution >= 0.6 is 15.9 Å². The molecule has 0 spiro atoms. The minimum Gasteiger partial charge on any atom is -0.316 e. The molecule has 0 radical (unpaired) electrons. The largest absolute Gasteiger partial charge is 0.316 e. The molecular weight excluding hydrogens is 292 g/mol. The van der Waals surface area contributed by atoms with E-state index in [9.17, 15) is 4.79 Å². The second kappa shape index (κ2) is 5.93. The quantitative estimate of drug-likeness (QED) is 0.930. The fourth-order valence-electron chi connectivity index (χ4n) is 2.63. The molecule has 1 fully saturated rings. The molecule has 4 heteroatoms. The van der Waals surface area contributed by atoms with E-state index < -0.39 is 0 Å². The molecule has 98 valence electrons. The SMILES string of the molecule is CCC1(C(=O)Cc2cncc(Br)c2)CCCNC1. The Hall–Kier alpha value is -0.740. The summed E-state index contributed by atoms with van der Waals surface area (Å²) in [6.07, 6.45) is 7.03. The number of carbonyl (C=O) groups excluding carboxylic acids is 1. The molecule has 0 amide bonds. The molecule has 2 rings (SSSR count). The van der Waals surface area contributed by atoms with Crippen LogP contribution in [0.2, 0.25) is 0 Å². The van der Waals surface area contributed by atoms with Crippen molar-refractivity contribution in [2.45, 2.75) is 32.6 Å². The van der Waals surface area contributed by atoms with Crippen molar-refractivity contribution in [1.29, 1.82) is 0 Å². The highest BCUT2D eigenvalue weighted by Gasteiger charge is 2.37. The maximum absolute atomic E-state index is 12.5. The first kappa shape index (κ1) is 13.7. The van der Waals surface area contributed by atoms with Crippen LogP contribution in [0.25, 0.3) is 0 Å². The molecule has 1 N–H and O–H groups in total. The molecule has 1 aliphatic heterocycles. The molecule has 1 saturated heterocycles. The number of ketones is 1. The first-order valence-corrected chi connectivity index (χ1v) is 7.29. The normalized spacial score (nSPS) is 23.9. The van der Waals surface area contributed by atoms with E-state index in [1.807, 2.05) is 6.07 Å². The zero-order valence-corrected chi connectivity index (χ0v) is 12.3. The van der Waals surface area contributed by atoms with Crippen molar-refractivity contribution >= 4 is 21.7 Å². The number of hydrogen-bond donors (Lipinski definition) is 1. The van der Waals surface area contributed by atoms with Crippen LogP contribution in [-0.4, -0.2) is 23.9 Å². The average Bonchev–Trinajstić information content (AvgIpc) is 2.39. The number of aromatic nitrogens is 1. The van der Waals surface area contributed by atoms with Crippen LogP contribution in [0.5, 0.6) is 0 Å². The maximum atomic E-state index is 12.5. The Morgan fingerprint density at radius 3 is 3.00 bits per heavy atom. The Morgan fingerprint density at radius 1 is 1.56 bits per heavy atom. The Morgan fingerprint density at radius 2 is 2.39 bits per heavy atom. The van der Waals surface area contributed by atoms with Gasteiger partial charge in [-0.1, -0.05) is 6.92 Å². The van der Waals surface area contributed by atoms with Gasteiger partial charge in [-0.05, 0) is 53.4 Å². The van der Waals surface area contributed by atoms with Crippen LogP contribution in [0.3, 0.4) is 0 Å². The Balaban J connectivity index is 2.10. The van der Waals surface area contributed by atoms with Crippen molar-refractivity contribution in [3.63, 3.8) is 0 Å². The lowest BCUT2D eigenvalue weighted by Crippen LogP contribution is -2.45. The fraction of sp³-hybridized carbons (Fsp3) is 0.571. The van der Waals surface area contributed by atoms with E-state index in [2.05, 4.69) is 33.2 Å². The number of Topliss-reactive ketones (excluding diaryl/α,β-unsaturated/α-hetero) is 1. The number of nitrogens with one attached hydrogen (secondary N) is 1. The van der Waals surface area contributed by atoms with Crippen molar-refractivity contribution in [3.8, 4) is 0 Å². The van der Waals surface area contributed by atoms with Crippen molar-refractivity contribution in [3.05, 3.63) is 28.5 Å². The smallest absolute Gasteiger partial charge is 0.144 e. The molecule has 0 bridgehead atoms. The number of nitrogens with zero attached hydrogens (tertiary/aromatic N) is 1. The fourth-order valence-corrected chi connectivity index (χ4v) is 3.04. The molecule has 1 unspecified atom stereocenters. The van der Waals surface area contributed by atoms with Crippen LogP contribution in [0, 0.1) is 5.41 Å². The lowest BCUT2D eigenvalue weighted by molar-refractivity contribution is -0.129. The van der Waals surface area contributed by atoms with Gasteiger partial charge in [0.05, 0.1) is 0 Å². The van der Waals surface area contributed by atoms with Crippen LogP contribution < -0.4 is 5.32 Å². The standard InChI is InChI=1S/C14H19BrN2O/c1-2-14(4-3-5-16-10-14)13(18)7-11-6-12(15)9-17-8-11/h6,8-9,16H,2-5,7,10H2,1H3. The summed E-state index contributed by atoms with van der Waals surface area (Å²) in [5.74, 6) is 0.345. The molecule has 1 aromatic heterocycles. The minimum atomic E-state index is -0.166. The number of piperidine rings is 1. The molecule has 1 aromatic rings. The highest BCUT2D eigenvalue weighted by atomic mass is 79.9. The van der Waals surface area contributed by atoms with Gasteiger partial charge in [-0.3, -0.25) is 9.78 Å². The molecule has 0 saturated carbocycles. The van der Waals surface area contributed by atoms with Crippen LogP contribution in [0.1, 0.15) is 31.7 Å². The van der Waals surface area contributed by atoms with Crippen molar-refractivity contribution < 1.29 is 4.79 Å². The summed E-state index contributed by atoms with van der Waals surface area (Å²) >= 11 is 3.39. The zero-order valence-electron chi connectivity index (χ0n) is 10.7. The number of halogens is 1. The highest BCUT2D eigenvalue weighted by molar-refractivity contribution is 9.10. The number of hydrogen-bond acceptors (Lipinski definition) is 3. The van der Waals surface area contributed by atoms with Gasteiger partial charge in [0.2, 0.25) is 0 Å². The second-order valence-electron chi connectivity index (χ2n) is 5.03. The van der Waals surface area contributed by atoms with Crippen LogP contribution in [0.15, 0.2) is 22.9 Å². The summed E-state index contributed by atoms with van der Waals surface area (Å²) in [6.45, 7) is 3.97. The Kier molecular flexibility index (Phi) is 4.51. The highest BCUT2D eigenvalue weighted by Crippen LogP contribution is 2.32. The van der Waals surface area contributed by atoms with Gasteiger partial charge in [0, 0.05) is 35.2 Å². The van der Waals surface area contributed by atoms with Gasteiger partial charge in [-0.2, -0.15) is 0 Å². The molecular formula is C14H19BrN2O. The van der Waals surface area contributed by atoms with E-state index in [1.165, 1.54) is 0 Å². The molecule has 0 aromatic carbocycles. The number of rotatable bonds is 4. The van der Waals surface area contributed by atoms with E-state index in [4.69, 9.17) is 0 Å². The Bertz CT molecular complexity index is 428. The van der Waals surface area contributed by atoms with E-state index in [-0.39, 0.29) is 5.41 Å². The van der Waals surface area contributed by atoms with Gasteiger partial charge in [0.1, 0.15) is 5.78 Å². The summed E-state index contributed by atoms with van der Waals surface area (Å²) in [7, 11) is 0. The maximum Gasteiger partial charge on any atom is 0.144 e. The van der Waals surface area contributed by atoms with Crippen molar-refractivity contribution in [2.75, 3.05) is 13.1 Å². The summed E-state index contributed by atoms with van der Waals surface area (Å²) in [4.78, 5) is 16.7. The number of carbonyl (C=O) groups is 1. The predicted octanol–water partition coefficient (Wildman–Crippen LogP) is 2.74.